The van der Waals surface area contributed by atoms with Crippen LogP contribution in [-0.4, -0.2) is 24.0 Å². The van der Waals surface area contributed by atoms with E-state index in [1.165, 1.54) is 30.6 Å². The Morgan fingerprint density at radius 2 is 2.00 bits per heavy atom. The summed E-state index contributed by atoms with van der Waals surface area (Å²) in [5.74, 6) is 0.519. The highest BCUT2D eigenvalue weighted by Gasteiger charge is 2.14. The molecule has 3 heterocycles. The first-order valence-corrected chi connectivity index (χ1v) is 7.87. The van der Waals surface area contributed by atoms with Gasteiger partial charge in [0.2, 0.25) is 0 Å². The van der Waals surface area contributed by atoms with Crippen molar-refractivity contribution in [3.8, 4) is 10.4 Å². The first-order chi connectivity index (χ1) is 10.1. The van der Waals surface area contributed by atoms with Gasteiger partial charge >= 0.3 is 0 Å². The van der Waals surface area contributed by atoms with E-state index < -0.39 is 5.91 Å². The predicted molar refractivity (Wildman–Crippen MR) is 86.5 cm³/mol. The molecule has 0 saturated carbocycles. The molecule has 3 rings (SSSR count). The van der Waals surface area contributed by atoms with Gasteiger partial charge in [0.1, 0.15) is 5.82 Å². The summed E-state index contributed by atoms with van der Waals surface area (Å²) in [5.41, 5.74) is 12.5. The predicted octanol–water partition coefficient (Wildman–Crippen LogP) is 2.48. The van der Waals surface area contributed by atoms with Crippen LogP contribution in [-0.2, 0) is 0 Å². The van der Waals surface area contributed by atoms with Gasteiger partial charge in [-0.05, 0) is 37.5 Å². The number of nitrogens with zero attached hydrogens (tertiary/aromatic N) is 2. The number of piperidine rings is 1. The molecule has 5 nitrogen and oxygen atoms in total. The largest absolute Gasteiger partial charge is 0.390 e. The monoisotopic (exact) mass is 302 g/mol. The lowest BCUT2D eigenvalue weighted by molar-refractivity contribution is 0.100. The maximum Gasteiger partial charge on any atom is 0.251 e. The molecule has 0 spiro atoms. The van der Waals surface area contributed by atoms with Crippen molar-refractivity contribution in [3.63, 3.8) is 0 Å². The van der Waals surface area contributed by atoms with Gasteiger partial charge in [-0.1, -0.05) is 0 Å². The molecule has 2 aromatic heterocycles. The fourth-order valence-corrected chi connectivity index (χ4v) is 3.50. The number of anilines is 2. The number of rotatable bonds is 3. The normalized spacial score (nSPS) is 15.1. The maximum atomic E-state index is 11.3. The summed E-state index contributed by atoms with van der Waals surface area (Å²) < 4.78 is 0. The second-order valence-electron chi connectivity index (χ2n) is 5.21. The van der Waals surface area contributed by atoms with Gasteiger partial charge in [-0.3, -0.25) is 4.79 Å². The van der Waals surface area contributed by atoms with Crippen molar-refractivity contribution < 1.29 is 4.79 Å². The number of carbonyl (C=O) groups excluding carboxylic acids is 1. The molecule has 1 amide bonds. The van der Waals surface area contributed by atoms with E-state index in [1.54, 1.807) is 6.07 Å². The fraction of sp³-hybridized carbons (Fsp3) is 0.333. The van der Waals surface area contributed by atoms with Crippen LogP contribution in [0.3, 0.4) is 0 Å². The van der Waals surface area contributed by atoms with Gasteiger partial charge in [0.25, 0.3) is 5.91 Å². The average molecular weight is 302 g/mol. The minimum Gasteiger partial charge on any atom is -0.390 e. The van der Waals surface area contributed by atoms with E-state index in [0.717, 1.165) is 29.3 Å². The van der Waals surface area contributed by atoms with Crippen molar-refractivity contribution in [1.29, 1.82) is 0 Å². The summed E-state index contributed by atoms with van der Waals surface area (Å²) in [6.45, 7) is 2.15. The molecule has 0 aliphatic carbocycles. The Kier molecular flexibility index (Phi) is 3.79. The summed E-state index contributed by atoms with van der Waals surface area (Å²) in [7, 11) is 0. The second kappa shape index (κ2) is 5.73. The number of carbonyl (C=O) groups is 1. The average Bonchev–Trinajstić information content (AvgIpc) is 2.90. The molecule has 2 aromatic rings. The van der Waals surface area contributed by atoms with Crippen molar-refractivity contribution in [2.45, 2.75) is 19.3 Å². The third-order valence-electron chi connectivity index (χ3n) is 3.74. The highest BCUT2D eigenvalue weighted by molar-refractivity contribution is 7.19. The summed E-state index contributed by atoms with van der Waals surface area (Å²) in [6.07, 6.45) is 5.60. The zero-order valence-corrected chi connectivity index (χ0v) is 12.5. The number of hydrogen-bond donors (Lipinski definition) is 2. The smallest absolute Gasteiger partial charge is 0.251 e. The second-order valence-corrected chi connectivity index (χ2v) is 6.29. The molecule has 6 heteroatoms. The van der Waals surface area contributed by atoms with Crippen molar-refractivity contribution in [3.05, 3.63) is 30.0 Å². The Labute approximate surface area is 127 Å². The Balaban J connectivity index is 1.83. The summed E-state index contributed by atoms with van der Waals surface area (Å²) >= 11 is 1.36. The molecule has 1 aliphatic rings. The Morgan fingerprint density at radius 1 is 1.24 bits per heavy atom. The van der Waals surface area contributed by atoms with Crippen LogP contribution in [0.5, 0.6) is 0 Å². The Morgan fingerprint density at radius 3 is 2.57 bits per heavy atom. The van der Waals surface area contributed by atoms with Gasteiger partial charge < -0.3 is 16.4 Å². The number of nitrogen functional groups attached to an aromatic ring is 1. The van der Waals surface area contributed by atoms with E-state index in [9.17, 15) is 4.79 Å². The van der Waals surface area contributed by atoms with Crippen molar-refractivity contribution >= 4 is 28.1 Å². The molecule has 4 N–H and O–H groups in total. The van der Waals surface area contributed by atoms with Gasteiger partial charge in [0.15, 0.2) is 0 Å². The zero-order chi connectivity index (χ0) is 14.8. The number of pyridine rings is 1. The molecule has 110 valence electrons. The summed E-state index contributed by atoms with van der Waals surface area (Å²) in [5, 5.41) is 0.456. The maximum absolute atomic E-state index is 11.3. The molecule has 0 atom stereocenters. The number of thiophene rings is 1. The van der Waals surface area contributed by atoms with Gasteiger partial charge in [0, 0.05) is 29.7 Å². The number of aromatic nitrogens is 1. The van der Waals surface area contributed by atoms with Crippen LogP contribution in [0.1, 0.15) is 29.6 Å². The minimum atomic E-state index is -0.493. The lowest BCUT2D eigenvalue weighted by Gasteiger charge is -2.27. The first-order valence-electron chi connectivity index (χ1n) is 7.05. The van der Waals surface area contributed by atoms with E-state index >= 15 is 0 Å². The van der Waals surface area contributed by atoms with Crippen LogP contribution in [0.15, 0.2) is 24.4 Å². The third-order valence-corrected chi connectivity index (χ3v) is 4.75. The summed E-state index contributed by atoms with van der Waals surface area (Å²) in [4.78, 5) is 19.0. The van der Waals surface area contributed by atoms with Crippen molar-refractivity contribution in [2.75, 3.05) is 23.7 Å². The van der Waals surface area contributed by atoms with E-state index in [0.29, 0.717) is 10.6 Å². The van der Waals surface area contributed by atoms with Crippen LogP contribution >= 0.6 is 11.3 Å². The minimum absolute atomic E-state index is 0.384. The Hall–Kier alpha value is -2.08. The van der Waals surface area contributed by atoms with Gasteiger partial charge in [-0.15, -0.1) is 11.3 Å². The topological polar surface area (TPSA) is 85.2 Å². The molecule has 1 saturated heterocycles. The standard InChI is InChI=1S/C15H18N4OS/c16-14(20)11-8-12(21-15(11)17)10-4-5-13(18-9-10)19-6-2-1-3-7-19/h4-5,8-9H,1-3,6-7,17H2,(H2,16,20). The molecule has 0 radical (unpaired) electrons. The molecule has 0 unspecified atom stereocenters. The van der Waals surface area contributed by atoms with Crippen LogP contribution in [0.25, 0.3) is 10.4 Å². The molecular weight excluding hydrogens is 284 g/mol. The van der Waals surface area contributed by atoms with E-state index in [2.05, 4.69) is 9.88 Å². The number of primary amides is 1. The highest BCUT2D eigenvalue weighted by atomic mass is 32.1. The number of amides is 1. The zero-order valence-electron chi connectivity index (χ0n) is 11.7. The van der Waals surface area contributed by atoms with E-state index in [-0.39, 0.29) is 0 Å². The SMILES string of the molecule is NC(=O)c1cc(-c2ccc(N3CCCCC3)nc2)sc1N. The van der Waals surface area contributed by atoms with E-state index in [1.807, 2.05) is 18.3 Å². The quantitative estimate of drug-likeness (QED) is 0.912. The molecule has 1 aliphatic heterocycles. The molecule has 21 heavy (non-hydrogen) atoms. The van der Waals surface area contributed by atoms with Gasteiger partial charge in [0.05, 0.1) is 10.6 Å². The fourth-order valence-electron chi connectivity index (χ4n) is 2.58. The summed E-state index contributed by atoms with van der Waals surface area (Å²) in [6, 6.07) is 5.79. The van der Waals surface area contributed by atoms with Crippen LogP contribution < -0.4 is 16.4 Å². The van der Waals surface area contributed by atoms with Crippen LogP contribution in [0.2, 0.25) is 0 Å². The first kappa shape index (κ1) is 13.9. The third kappa shape index (κ3) is 2.85. The number of hydrogen-bond acceptors (Lipinski definition) is 5. The molecule has 1 fully saturated rings. The van der Waals surface area contributed by atoms with E-state index in [4.69, 9.17) is 11.5 Å². The molecular formula is C15H18N4OS. The van der Waals surface area contributed by atoms with Crippen molar-refractivity contribution in [2.24, 2.45) is 5.73 Å². The Bertz CT molecular complexity index is 644. The highest BCUT2D eigenvalue weighted by Crippen LogP contribution is 2.33. The van der Waals surface area contributed by atoms with Gasteiger partial charge in [-0.2, -0.15) is 0 Å². The molecule has 0 aromatic carbocycles. The lowest BCUT2D eigenvalue weighted by Crippen LogP contribution is -2.29. The number of nitrogens with two attached hydrogens (primary N) is 2. The lowest BCUT2D eigenvalue weighted by atomic mass is 10.1. The van der Waals surface area contributed by atoms with Gasteiger partial charge in [-0.25, -0.2) is 4.98 Å². The van der Waals surface area contributed by atoms with Crippen LogP contribution in [0, 0.1) is 0 Å². The van der Waals surface area contributed by atoms with Crippen LogP contribution in [0.4, 0.5) is 10.8 Å². The molecule has 0 bridgehead atoms. The van der Waals surface area contributed by atoms with Crippen molar-refractivity contribution in [1.82, 2.24) is 4.98 Å².